The van der Waals surface area contributed by atoms with Gasteiger partial charge in [-0.25, -0.2) is 9.97 Å². The van der Waals surface area contributed by atoms with Crippen molar-refractivity contribution in [3.05, 3.63) is 36.3 Å². The van der Waals surface area contributed by atoms with Gasteiger partial charge in [0, 0.05) is 36.7 Å². The molecule has 0 spiro atoms. The molecule has 3 aromatic rings. The van der Waals surface area contributed by atoms with E-state index in [9.17, 15) is 4.79 Å². The van der Waals surface area contributed by atoms with E-state index in [2.05, 4.69) is 35.0 Å². The van der Waals surface area contributed by atoms with Gasteiger partial charge in [-0.2, -0.15) is 8.75 Å². The van der Waals surface area contributed by atoms with Crippen molar-refractivity contribution in [3.8, 4) is 0 Å². The maximum atomic E-state index is 12.7. The summed E-state index contributed by atoms with van der Waals surface area (Å²) >= 11 is 1.17. The van der Waals surface area contributed by atoms with Gasteiger partial charge >= 0.3 is 0 Å². The number of nitrogens with one attached hydrogen (secondary N) is 1. The van der Waals surface area contributed by atoms with Gasteiger partial charge in [0.1, 0.15) is 23.2 Å². The summed E-state index contributed by atoms with van der Waals surface area (Å²) in [5.41, 5.74) is 3.49. The van der Waals surface area contributed by atoms with Crippen LogP contribution in [0, 0.1) is 5.92 Å². The van der Waals surface area contributed by atoms with E-state index in [1.807, 2.05) is 18.2 Å². The lowest BCUT2D eigenvalue weighted by atomic mass is 9.95. The van der Waals surface area contributed by atoms with Crippen LogP contribution in [0.1, 0.15) is 37.3 Å². The molecule has 0 unspecified atom stereocenters. The first-order valence-electron chi connectivity index (χ1n) is 9.37. The number of hydrogen-bond acceptors (Lipinski definition) is 7. The molecule has 0 atom stereocenters. The van der Waals surface area contributed by atoms with Crippen LogP contribution in [0.5, 0.6) is 0 Å². The van der Waals surface area contributed by atoms with E-state index in [4.69, 9.17) is 0 Å². The molecule has 7 nitrogen and oxygen atoms in total. The summed E-state index contributed by atoms with van der Waals surface area (Å²) in [5, 5.41) is 3.05. The highest BCUT2D eigenvalue weighted by Crippen LogP contribution is 2.39. The van der Waals surface area contributed by atoms with Crippen molar-refractivity contribution in [1.82, 2.24) is 18.7 Å². The van der Waals surface area contributed by atoms with E-state index >= 15 is 0 Å². The fraction of sp³-hybridized carbons (Fsp3) is 0.421. The molecular weight excluding hydrogens is 360 g/mol. The number of fused-ring (bicyclic) bond motifs is 1. The lowest BCUT2D eigenvalue weighted by Gasteiger charge is -2.32. The Morgan fingerprint density at radius 1 is 1.11 bits per heavy atom. The van der Waals surface area contributed by atoms with Crippen LogP contribution in [0.3, 0.4) is 0 Å². The molecule has 1 aliphatic heterocycles. The van der Waals surface area contributed by atoms with Crippen molar-refractivity contribution in [1.29, 1.82) is 0 Å². The largest absolute Gasteiger partial charge is 0.356 e. The van der Waals surface area contributed by atoms with E-state index in [0.29, 0.717) is 5.92 Å². The molecule has 1 aromatic carbocycles. The van der Waals surface area contributed by atoms with Crippen molar-refractivity contribution >= 4 is 40.2 Å². The van der Waals surface area contributed by atoms with E-state index in [-0.39, 0.29) is 11.8 Å². The molecular formula is C19H20N6OS. The van der Waals surface area contributed by atoms with Crippen LogP contribution in [0.25, 0.3) is 11.0 Å². The van der Waals surface area contributed by atoms with Gasteiger partial charge in [-0.1, -0.05) is 6.07 Å². The minimum atomic E-state index is 0.00726. The average Bonchev–Trinajstić information content (AvgIpc) is 3.45. The van der Waals surface area contributed by atoms with Gasteiger partial charge in [0.05, 0.1) is 17.4 Å². The number of aromatic nitrogens is 4. The minimum Gasteiger partial charge on any atom is -0.356 e. The van der Waals surface area contributed by atoms with Crippen LogP contribution >= 0.6 is 11.7 Å². The second-order valence-corrected chi connectivity index (χ2v) is 7.79. The van der Waals surface area contributed by atoms with E-state index < -0.39 is 0 Å². The first-order valence-corrected chi connectivity index (χ1v) is 10.1. The third kappa shape index (κ3) is 3.37. The summed E-state index contributed by atoms with van der Waals surface area (Å²) in [6, 6.07) is 7.81. The van der Waals surface area contributed by atoms with Crippen LogP contribution in [0.2, 0.25) is 0 Å². The third-order valence-corrected chi connectivity index (χ3v) is 5.95. The lowest BCUT2D eigenvalue weighted by Crippen LogP contribution is -2.38. The average molecular weight is 380 g/mol. The van der Waals surface area contributed by atoms with Gasteiger partial charge in [0.2, 0.25) is 5.91 Å². The predicted molar refractivity (Wildman–Crippen MR) is 105 cm³/mol. The van der Waals surface area contributed by atoms with Crippen LogP contribution in [0.4, 0.5) is 11.5 Å². The summed E-state index contributed by atoms with van der Waals surface area (Å²) in [6.45, 7) is 1.67. The fourth-order valence-corrected chi connectivity index (χ4v) is 4.20. The molecule has 1 N–H and O–H groups in total. The van der Waals surface area contributed by atoms with Gasteiger partial charge in [-0.3, -0.25) is 4.79 Å². The number of amides is 1. The predicted octanol–water partition coefficient (Wildman–Crippen LogP) is 3.21. The Hall–Kier alpha value is -2.61. The van der Waals surface area contributed by atoms with E-state index in [0.717, 1.165) is 54.2 Å². The van der Waals surface area contributed by atoms with Gasteiger partial charge in [-0.15, -0.1) is 0 Å². The van der Waals surface area contributed by atoms with Gasteiger partial charge in [0.15, 0.2) is 0 Å². The summed E-state index contributed by atoms with van der Waals surface area (Å²) in [4.78, 5) is 23.8. The molecule has 2 fully saturated rings. The molecule has 0 bridgehead atoms. The Bertz CT molecular complexity index is 977. The van der Waals surface area contributed by atoms with E-state index in [1.165, 1.54) is 24.6 Å². The Labute approximate surface area is 161 Å². The lowest BCUT2D eigenvalue weighted by molar-refractivity contribution is -0.120. The van der Waals surface area contributed by atoms with Gasteiger partial charge in [-0.05, 0) is 37.8 Å². The first-order chi connectivity index (χ1) is 13.3. The Morgan fingerprint density at radius 3 is 2.78 bits per heavy atom. The van der Waals surface area contributed by atoms with Crippen LogP contribution in [-0.2, 0) is 4.79 Å². The van der Waals surface area contributed by atoms with Crippen molar-refractivity contribution in [2.24, 2.45) is 5.92 Å². The van der Waals surface area contributed by atoms with E-state index in [1.54, 1.807) is 6.33 Å². The summed E-state index contributed by atoms with van der Waals surface area (Å²) in [5.74, 6) is 1.69. The monoisotopic (exact) mass is 380 g/mol. The summed E-state index contributed by atoms with van der Waals surface area (Å²) in [7, 11) is 0. The third-order valence-electron chi connectivity index (χ3n) is 5.40. The zero-order chi connectivity index (χ0) is 18.2. The number of carbonyl (C=O) groups is 1. The molecule has 1 amide bonds. The highest BCUT2D eigenvalue weighted by Gasteiger charge is 2.28. The molecule has 0 radical (unpaired) electrons. The Kier molecular flexibility index (Phi) is 4.20. The maximum Gasteiger partial charge on any atom is 0.227 e. The van der Waals surface area contributed by atoms with Crippen molar-refractivity contribution < 1.29 is 4.79 Å². The van der Waals surface area contributed by atoms with Gasteiger partial charge in [0.25, 0.3) is 0 Å². The Balaban J connectivity index is 1.23. The quantitative estimate of drug-likeness (QED) is 0.748. The zero-order valence-electron chi connectivity index (χ0n) is 14.8. The zero-order valence-corrected chi connectivity index (χ0v) is 15.7. The fourth-order valence-electron chi connectivity index (χ4n) is 3.65. The highest BCUT2D eigenvalue weighted by molar-refractivity contribution is 7.00. The second kappa shape index (κ2) is 6.84. The maximum absolute atomic E-state index is 12.7. The van der Waals surface area contributed by atoms with Crippen molar-refractivity contribution in [2.75, 3.05) is 23.3 Å². The SMILES string of the molecule is O=C(Nc1cccc2nsnc12)C1CCN(c2cc(C3CC3)ncn2)CC1. The standard InChI is InChI=1S/C19H20N6OS/c26-19(22-14-2-1-3-15-18(14)24-27-23-15)13-6-8-25(9-7-13)17-10-16(12-4-5-12)20-11-21-17/h1-3,10-13H,4-9H2,(H,22,26). The summed E-state index contributed by atoms with van der Waals surface area (Å²) < 4.78 is 8.52. The number of piperidine rings is 1. The van der Waals surface area contributed by atoms with Crippen molar-refractivity contribution in [3.63, 3.8) is 0 Å². The van der Waals surface area contributed by atoms with Crippen molar-refractivity contribution in [2.45, 2.75) is 31.6 Å². The molecule has 5 rings (SSSR count). The molecule has 27 heavy (non-hydrogen) atoms. The molecule has 2 aliphatic rings. The minimum absolute atomic E-state index is 0.00726. The number of benzene rings is 1. The number of nitrogens with zero attached hydrogens (tertiary/aromatic N) is 5. The first kappa shape index (κ1) is 16.6. The Morgan fingerprint density at radius 2 is 1.96 bits per heavy atom. The summed E-state index contributed by atoms with van der Waals surface area (Å²) in [6.07, 6.45) is 5.78. The number of hydrogen-bond donors (Lipinski definition) is 1. The molecule has 1 saturated carbocycles. The number of rotatable bonds is 4. The topological polar surface area (TPSA) is 83.9 Å². The van der Waals surface area contributed by atoms with Crippen LogP contribution in [0.15, 0.2) is 30.6 Å². The number of anilines is 2. The highest BCUT2D eigenvalue weighted by atomic mass is 32.1. The molecule has 1 aliphatic carbocycles. The number of carbonyl (C=O) groups excluding carboxylic acids is 1. The molecule has 138 valence electrons. The molecule has 1 saturated heterocycles. The normalized spacial score (nSPS) is 18.0. The molecule has 2 aromatic heterocycles. The smallest absolute Gasteiger partial charge is 0.227 e. The van der Waals surface area contributed by atoms with Crippen LogP contribution in [-0.4, -0.2) is 37.7 Å². The van der Waals surface area contributed by atoms with Gasteiger partial charge < -0.3 is 10.2 Å². The second-order valence-electron chi connectivity index (χ2n) is 7.26. The van der Waals surface area contributed by atoms with Crippen LogP contribution < -0.4 is 10.2 Å². The molecule has 8 heteroatoms. The molecule has 3 heterocycles.